The van der Waals surface area contributed by atoms with Crippen molar-refractivity contribution in [1.29, 1.82) is 0 Å². The summed E-state index contributed by atoms with van der Waals surface area (Å²) in [6, 6.07) is 7.50. The molecule has 100 valence electrons. The lowest BCUT2D eigenvalue weighted by Gasteiger charge is -2.07. The maximum atomic E-state index is 11.4. The highest BCUT2D eigenvalue weighted by Gasteiger charge is 2.02. The van der Waals surface area contributed by atoms with E-state index in [9.17, 15) is 9.59 Å². The first-order chi connectivity index (χ1) is 9.19. The van der Waals surface area contributed by atoms with Gasteiger partial charge in [0.15, 0.2) is 0 Å². The summed E-state index contributed by atoms with van der Waals surface area (Å²) in [6.07, 6.45) is 0. The van der Waals surface area contributed by atoms with E-state index in [4.69, 9.17) is 4.74 Å². The van der Waals surface area contributed by atoms with Crippen LogP contribution in [0.5, 0.6) is 5.75 Å². The summed E-state index contributed by atoms with van der Waals surface area (Å²) in [5.74, 6) is 0.839. The maximum Gasteiger partial charge on any atom is 0.342 e. The van der Waals surface area contributed by atoms with Crippen molar-refractivity contribution in [2.24, 2.45) is 0 Å². The van der Waals surface area contributed by atoms with Gasteiger partial charge in [-0.2, -0.15) is 0 Å². The van der Waals surface area contributed by atoms with Gasteiger partial charge in [-0.1, -0.05) is 12.1 Å². The Labute approximate surface area is 108 Å². The maximum absolute atomic E-state index is 11.4. The number of aromatic amines is 2. The van der Waals surface area contributed by atoms with Gasteiger partial charge in [0.1, 0.15) is 5.75 Å². The zero-order valence-electron chi connectivity index (χ0n) is 10.4. The highest BCUT2D eigenvalue weighted by Crippen LogP contribution is 2.13. The Morgan fingerprint density at radius 3 is 2.95 bits per heavy atom. The fourth-order valence-electron chi connectivity index (χ4n) is 1.57. The fraction of sp³-hybridized carbons (Fsp3) is 0.250. The summed E-state index contributed by atoms with van der Waals surface area (Å²) < 4.78 is 5.38. The van der Waals surface area contributed by atoms with Crippen LogP contribution in [0.1, 0.15) is 12.5 Å². The van der Waals surface area contributed by atoms with Gasteiger partial charge in [0.05, 0.1) is 6.61 Å². The Morgan fingerprint density at radius 1 is 1.37 bits per heavy atom. The van der Waals surface area contributed by atoms with Crippen LogP contribution in [0.2, 0.25) is 0 Å². The Kier molecular flexibility index (Phi) is 3.97. The molecule has 3 N–H and O–H groups in total. The number of hydrogen-bond acceptors (Lipinski definition) is 5. The standard InChI is InChI=1S/C12H14N4O3/c1-2-19-9-5-3-4-8(6-9)7-13-10-11(17)14-12(18)16-15-10/h3-6H,2,7H2,1H3,(H,13,15)(H2,14,16,17,18). The minimum Gasteiger partial charge on any atom is -0.494 e. The topological polar surface area (TPSA) is 99.9 Å². The van der Waals surface area contributed by atoms with Crippen LogP contribution in [0.3, 0.4) is 0 Å². The largest absolute Gasteiger partial charge is 0.494 e. The number of ether oxygens (including phenoxy) is 1. The molecule has 2 rings (SSSR count). The van der Waals surface area contributed by atoms with Gasteiger partial charge >= 0.3 is 5.69 Å². The first kappa shape index (κ1) is 12.9. The highest BCUT2D eigenvalue weighted by molar-refractivity contribution is 5.34. The molecule has 2 aromatic rings. The summed E-state index contributed by atoms with van der Waals surface area (Å²) in [6.45, 7) is 2.91. The molecule has 7 nitrogen and oxygen atoms in total. The van der Waals surface area contributed by atoms with E-state index < -0.39 is 11.2 Å². The van der Waals surface area contributed by atoms with Gasteiger partial charge in [-0.15, -0.1) is 5.10 Å². The molecular formula is C12H14N4O3. The van der Waals surface area contributed by atoms with Gasteiger partial charge < -0.3 is 10.1 Å². The molecule has 0 bridgehead atoms. The number of aromatic nitrogens is 3. The predicted octanol–water partition coefficient (Wildman–Crippen LogP) is 0.469. The van der Waals surface area contributed by atoms with Crippen molar-refractivity contribution in [3.63, 3.8) is 0 Å². The molecule has 1 aromatic carbocycles. The molecule has 0 aliphatic rings. The average Bonchev–Trinajstić information content (AvgIpc) is 2.38. The molecule has 1 aromatic heterocycles. The van der Waals surface area contributed by atoms with Crippen LogP contribution in [0.25, 0.3) is 0 Å². The van der Waals surface area contributed by atoms with E-state index in [1.165, 1.54) is 0 Å². The first-order valence-corrected chi connectivity index (χ1v) is 5.83. The second kappa shape index (κ2) is 5.85. The molecule has 0 radical (unpaired) electrons. The van der Waals surface area contributed by atoms with Crippen LogP contribution in [-0.2, 0) is 6.54 Å². The molecule has 0 spiro atoms. The number of hydrogen-bond donors (Lipinski definition) is 3. The summed E-state index contributed by atoms with van der Waals surface area (Å²) in [5, 5.41) is 8.63. The summed E-state index contributed by atoms with van der Waals surface area (Å²) in [5.41, 5.74) is -0.239. The van der Waals surface area contributed by atoms with Crippen LogP contribution in [0.15, 0.2) is 33.9 Å². The Bertz CT molecular complexity index is 662. The lowest BCUT2D eigenvalue weighted by Crippen LogP contribution is -2.26. The van der Waals surface area contributed by atoms with Crippen molar-refractivity contribution in [2.45, 2.75) is 13.5 Å². The zero-order valence-corrected chi connectivity index (χ0v) is 10.4. The molecule has 0 fully saturated rings. The van der Waals surface area contributed by atoms with Crippen molar-refractivity contribution >= 4 is 5.82 Å². The number of benzene rings is 1. The Hall–Kier alpha value is -2.57. The van der Waals surface area contributed by atoms with E-state index in [-0.39, 0.29) is 5.82 Å². The predicted molar refractivity (Wildman–Crippen MR) is 70.4 cm³/mol. The molecule has 0 saturated heterocycles. The lowest BCUT2D eigenvalue weighted by molar-refractivity contribution is 0.340. The monoisotopic (exact) mass is 262 g/mol. The zero-order chi connectivity index (χ0) is 13.7. The van der Waals surface area contributed by atoms with Crippen molar-refractivity contribution in [2.75, 3.05) is 11.9 Å². The molecule has 0 aliphatic heterocycles. The van der Waals surface area contributed by atoms with Gasteiger partial charge in [0, 0.05) is 6.54 Å². The molecule has 0 atom stereocenters. The smallest absolute Gasteiger partial charge is 0.342 e. The molecule has 0 amide bonds. The minimum atomic E-state index is -0.631. The third-order valence-corrected chi connectivity index (χ3v) is 2.38. The number of nitrogens with one attached hydrogen (secondary N) is 3. The third-order valence-electron chi connectivity index (χ3n) is 2.38. The molecule has 19 heavy (non-hydrogen) atoms. The Balaban J connectivity index is 2.07. The van der Waals surface area contributed by atoms with E-state index in [2.05, 4.69) is 20.5 Å². The van der Waals surface area contributed by atoms with Gasteiger partial charge in [-0.25, -0.2) is 9.89 Å². The lowest BCUT2D eigenvalue weighted by atomic mass is 10.2. The first-order valence-electron chi connectivity index (χ1n) is 5.83. The quantitative estimate of drug-likeness (QED) is 0.727. The van der Waals surface area contributed by atoms with Crippen molar-refractivity contribution in [3.8, 4) is 5.75 Å². The molecule has 0 aliphatic carbocycles. The van der Waals surface area contributed by atoms with E-state index in [0.29, 0.717) is 13.2 Å². The molecule has 1 heterocycles. The van der Waals surface area contributed by atoms with Gasteiger partial charge in [-0.05, 0) is 24.6 Å². The minimum absolute atomic E-state index is 0.0708. The van der Waals surface area contributed by atoms with Crippen LogP contribution >= 0.6 is 0 Å². The average molecular weight is 262 g/mol. The second-order valence-electron chi connectivity index (χ2n) is 3.79. The molecular weight excluding hydrogens is 248 g/mol. The number of nitrogens with zero attached hydrogens (tertiary/aromatic N) is 1. The van der Waals surface area contributed by atoms with Crippen molar-refractivity contribution in [3.05, 3.63) is 50.7 Å². The molecule has 0 saturated carbocycles. The third kappa shape index (κ3) is 3.44. The van der Waals surface area contributed by atoms with Crippen LogP contribution < -0.4 is 21.3 Å². The number of rotatable bonds is 5. The number of H-pyrrole nitrogens is 2. The highest BCUT2D eigenvalue weighted by atomic mass is 16.5. The Morgan fingerprint density at radius 2 is 2.21 bits per heavy atom. The van der Waals surface area contributed by atoms with Gasteiger partial charge in [0.25, 0.3) is 5.56 Å². The normalized spacial score (nSPS) is 10.2. The molecule has 0 unspecified atom stereocenters. The van der Waals surface area contributed by atoms with Crippen molar-refractivity contribution in [1.82, 2.24) is 15.2 Å². The van der Waals surface area contributed by atoms with Crippen LogP contribution in [0.4, 0.5) is 5.82 Å². The van der Waals surface area contributed by atoms with Crippen LogP contribution in [0, 0.1) is 0 Å². The SMILES string of the molecule is CCOc1cccc(CNc2n[nH]c(=O)[nH]c2=O)c1. The van der Waals surface area contributed by atoms with Crippen LogP contribution in [-0.4, -0.2) is 21.8 Å². The summed E-state index contributed by atoms with van der Waals surface area (Å²) in [7, 11) is 0. The fourth-order valence-corrected chi connectivity index (χ4v) is 1.57. The van der Waals surface area contributed by atoms with E-state index in [1.54, 1.807) is 0 Å². The molecule has 7 heteroatoms. The van der Waals surface area contributed by atoms with Gasteiger partial charge in [0.2, 0.25) is 5.82 Å². The summed E-state index contributed by atoms with van der Waals surface area (Å²) >= 11 is 0. The van der Waals surface area contributed by atoms with E-state index in [0.717, 1.165) is 11.3 Å². The van der Waals surface area contributed by atoms with E-state index in [1.807, 2.05) is 31.2 Å². The van der Waals surface area contributed by atoms with Gasteiger partial charge in [-0.3, -0.25) is 9.78 Å². The number of anilines is 1. The summed E-state index contributed by atoms with van der Waals surface area (Å²) in [4.78, 5) is 24.3. The second-order valence-corrected chi connectivity index (χ2v) is 3.79. The van der Waals surface area contributed by atoms with E-state index >= 15 is 0 Å². The van der Waals surface area contributed by atoms with Crippen molar-refractivity contribution < 1.29 is 4.74 Å².